The van der Waals surface area contributed by atoms with E-state index in [0.29, 0.717) is 11.3 Å². The van der Waals surface area contributed by atoms with E-state index >= 15 is 0 Å². The van der Waals surface area contributed by atoms with Crippen molar-refractivity contribution in [3.05, 3.63) is 33.9 Å². The zero-order valence-electron chi connectivity index (χ0n) is 10.2. The maximum absolute atomic E-state index is 11.8. The Morgan fingerprint density at radius 1 is 1.53 bits per heavy atom. The highest BCUT2D eigenvalue weighted by atomic mass is 16.6. The van der Waals surface area contributed by atoms with E-state index in [-0.39, 0.29) is 24.6 Å². The number of aryl methyl sites for hydroxylation is 1. The van der Waals surface area contributed by atoms with E-state index in [4.69, 9.17) is 5.11 Å². The lowest BCUT2D eigenvalue weighted by Crippen LogP contribution is -2.26. The predicted molar refractivity (Wildman–Crippen MR) is 65.9 cm³/mol. The van der Waals surface area contributed by atoms with Gasteiger partial charge in [0.05, 0.1) is 16.5 Å². The largest absolute Gasteiger partial charge is 0.481 e. The first-order valence-electron chi connectivity index (χ1n) is 5.68. The fourth-order valence-corrected chi connectivity index (χ4v) is 2.11. The van der Waals surface area contributed by atoms with Gasteiger partial charge in [0, 0.05) is 25.1 Å². The number of hydrogen-bond donors (Lipinski definition) is 1. The molecule has 0 saturated carbocycles. The second kappa shape index (κ2) is 4.68. The Morgan fingerprint density at radius 2 is 2.21 bits per heavy atom. The predicted octanol–water partition coefficient (Wildman–Crippen LogP) is 1.34. The van der Waals surface area contributed by atoms with Gasteiger partial charge < -0.3 is 10.0 Å². The highest BCUT2D eigenvalue weighted by molar-refractivity contribution is 6.00. The molecule has 0 unspecified atom stereocenters. The van der Waals surface area contributed by atoms with Crippen LogP contribution in [0, 0.1) is 23.0 Å². The third-order valence-corrected chi connectivity index (χ3v) is 3.17. The van der Waals surface area contributed by atoms with Crippen molar-refractivity contribution < 1.29 is 19.6 Å². The van der Waals surface area contributed by atoms with E-state index in [1.807, 2.05) is 0 Å². The number of carboxylic acids is 1. The standard InChI is InChI=1S/C12H12N2O5/c1-7-2-3-9(14(18)19)5-10(7)13-6-8(12(16)17)4-11(13)15/h2-3,5,8H,4,6H2,1H3,(H,16,17)/t8-/m0/s1. The number of aliphatic carboxylic acids is 1. The minimum Gasteiger partial charge on any atom is -0.481 e. The number of nitro groups is 1. The summed E-state index contributed by atoms with van der Waals surface area (Å²) in [6.45, 7) is 1.77. The van der Waals surface area contributed by atoms with Crippen LogP contribution in [0.3, 0.4) is 0 Å². The highest BCUT2D eigenvalue weighted by Gasteiger charge is 2.36. The number of non-ortho nitro benzene ring substituents is 1. The summed E-state index contributed by atoms with van der Waals surface area (Å²) in [6, 6.07) is 4.21. The number of rotatable bonds is 3. The number of carbonyl (C=O) groups is 2. The van der Waals surface area contributed by atoms with E-state index in [2.05, 4.69) is 0 Å². The van der Waals surface area contributed by atoms with Gasteiger partial charge in [0.25, 0.3) is 5.69 Å². The number of anilines is 1. The molecule has 0 radical (unpaired) electrons. The lowest BCUT2D eigenvalue weighted by molar-refractivity contribution is -0.384. The van der Waals surface area contributed by atoms with Crippen LogP contribution < -0.4 is 4.90 Å². The molecule has 7 heteroatoms. The molecule has 1 aliphatic heterocycles. The van der Waals surface area contributed by atoms with Crippen LogP contribution in [-0.4, -0.2) is 28.5 Å². The molecule has 1 aromatic rings. The molecule has 7 nitrogen and oxygen atoms in total. The third kappa shape index (κ3) is 2.40. The second-order valence-electron chi connectivity index (χ2n) is 4.47. The van der Waals surface area contributed by atoms with Gasteiger partial charge in [0.15, 0.2) is 0 Å². The Balaban J connectivity index is 2.36. The summed E-state index contributed by atoms with van der Waals surface area (Å²) >= 11 is 0. The zero-order chi connectivity index (χ0) is 14.2. The Kier molecular flexibility index (Phi) is 3.20. The van der Waals surface area contributed by atoms with Crippen LogP contribution in [0.4, 0.5) is 11.4 Å². The molecular formula is C12H12N2O5. The topological polar surface area (TPSA) is 101 Å². The number of carbonyl (C=O) groups excluding carboxylic acids is 1. The molecule has 0 aliphatic carbocycles. The van der Waals surface area contributed by atoms with Crippen LogP contribution >= 0.6 is 0 Å². The van der Waals surface area contributed by atoms with Gasteiger partial charge in [-0.2, -0.15) is 0 Å². The number of amides is 1. The summed E-state index contributed by atoms with van der Waals surface area (Å²) < 4.78 is 0. The van der Waals surface area contributed by atoms with E-state index in [1.165, 1.54) is 17.0 Å². The second-order valence-corrected chi connectivity index (χ2v) is 4.47. The monoisotopic (exact) mass is 264 g/mol. The molecule has 0 aromatic heterocycles. The normalized spacial score (nSPS) is 18.7. The summed E-state index contributed by atoms with van der Waals surface area (Å²) in [4.78, 5) is 34.2. The number of hydrogen-bond acceptors (Lipinski definition) is 4. The van der Waals surface area contributed by atoms with Crippen molar-refractivity contribution in [3.8, 4) is 0 Å². The minimum atomic E-state index is -1.03. The van der Waals surface area contributed by atoms with E-state index < -0.39 is 16.8 Å². The summed E-state index contributed by atoms with van der Waals surface area (Å²) in [5.41, 5.74) is 0.986. The van der Waals surface area contributed by atoms with Crippen LogP contribution in [0.2, 0.25) is 0 Å². The van der Waals surface area contributed by atoms with Crippen molar-refractivity contribution >= 4 is 23.3 Å². The lowest BCUT2D eigenvalue weighted by atomic mass is 10.1. The van der Waals surface area contributed by atoms with Crippen LogP contribution in [0.5, 0.6) is 0 Å². The molecule has 1 saturated heterocycles. The van der Waals surface area contributed by atoms with Crippen LogP contribution in [0.1, 0.15) is 12.0 Å². The van der Waals surface area contributed by atoms with E-state index in [1.54, 1.807) is 13.0 Å². The maximum atomic E-state index is 11.8. The van der Waals surface area contributed by atoms with Crippen LogP contribution in [0.15, 0.2) is 18.2 Å². The van der Waals surface area contributed by atoms with Gasteiger partial charge in [-0.1, -0.05) is 6.07 Å². The Bertz CT molecular complexity index is 569. The van der Waals surface area contributed by atoms with Crippen molar-refractivity contribution in [1.29, 1.82) is 0 Å². The third-order valence-electron chi connectivity index (χ3n) is 3.17. The summed E-state index contributed by atoms with van der Waals surface area (Å²) in [5.74, 6) is -2.11. The first-order chi connectivity index (χ1) is 8.90. The fraction of sp³-hybridized carbons (Fsp3) is 0.333. The first kappa shape index (κ1) is 13.0. The number of carboxylic acid groups (broad SMARTS) is 1. The smallest absolute Gasteiger partial charge is 0.308 e. The summed E-state index contributed by atoms with van der Waals surface area (Å²) in [7, 11) is 0. The minimum absolute atomic E-state index is 0.0518. The molecule has 100 valence electrons. The van der Waals surface area contributed by atoms with Crippen molar-refractivity contribution in [2.45, 2.75) is 13.3 Å². The van der Waals surface area contributed by atoms with Gasteiger partial charge >= 0.3 is 5.97 Å². The molecule has 1 heterocycles. The Morgan fingerprint density at radius 3 is 2.74 bits per heavy atom. The van der Waals surface area contributed by atoms with Gasteiger partial charge in [-0.3, -0.25) is 19.7 Å². The molecular weight excluding hydrogens is 252 g/mol. The maximum Gasteiger partial charge on any atom is 0.308 e. The quantitative estimate of drug-likeness (QED) is 0.655. The van der Waals surface area contributed by atoms with Crippen molar-refractivity contribution in [3.63, 3.8) is 0 Å². The van der Waals surface area contributed by atoms with Crippen LogP contribution in [-0.2, 0) is 9.59 Å². The number of benzene rings is 1. The Hall–Kier alpha value is -2.44. The number of nitrogens with zero attached hydrogens (tertiary/aromatic N) is 2. The molecule has 0 bridgehead atoms. The zero-order valence-corrected chi connectivity index (χ0v) is 10.2. The fourth-order valence-electron chi connectivity index (χ4n) is 2.11. The molecule has 1 amide bonds. The first-order valence-corrected chi connectivity index (χ1v) is 5.68. The highest BCUT2D eigenvalue weighted by Crippen LogP contribution is 2.30. The van der Waals surface area contributed by atoms with Crippen molar-refractivity contribution in [1.82, 2.24) is 0 Å². The molecule has 1 N–H and O–H groups in total. The van der Waals surface area contributed by atoms with E-state index in [0.717, 1.165) is 0 Å². The lowest BCUT2D eigenvalue weighted by Gasteiger charge is -2.18. The van der Waals surface area contributed by atoms with Crippen LogP contribution in [0.25, 0.3) is 0 Å². The molecule has 19 heavy (non-hydrogen) atoms. The number of nitro benzene ring substituents is 1. The summed E-state index contributed by atoms with van der Waals surface area (Å²) in [5, 5.41) is 19.7. The molecule has 1 fully saturated rings. The van der Waals surface area contributed by atoms with Gasteiger partial charge in [0.2, 0.25) is 5.91 Å². The molecule has 1 aromatic carbocycles. The van der Waals surface area contributed by atoms with Crippen molar-refractivity contribution in [2.75, 3.05) is 11.4 Å². The summed E-state index contributed by atoms with van der Waals surface area (Å²) in [6.07, 6.45) is -0.0720. The van der Waals surface area contributed by atoms with Gasteiger partial charge in [-0.05, 0) is 12.5 Å². The average molecular weight is 264 g/mol. The molecule has 0 spiro atoms. The van der Waals surface area contributed by atoms with Gasteiger partial charge in [0.1, 0.15) is 0 Å². The van der Waals surface area contributed by atoms with E-state index in [9.17, 15) is 19.7 Å². The van der Waals surface area contributed by atoms with Gasteiger partial charge in [-0.25, -0.2) is 0 Å². The average Bonchev–Trinajstić information content (AvgIpc) is 2.72. The SMILES string of the molecule is Cc1ccc([N+](=O)[O-])cc1N1C[C@@H](C(=O)O)CC1=O. The Labute approximate surface area is 108 Å². The van der Waals surface area contributed by atoms with Crippen molar-refractivity contribution in [2.24, 2.45) is 5.92 Å². The molecule has 1 aliphatic rings. The molecule has 2 rings (SSSR count). The van der Waals surface area contributed by atoms with Gasteiger partial charge in [-0.15, -0.1) is 0 Å². The molecule has 1 atom stereocenters.